The second kappa shape index (κ2) is 5.49. The molecule has 0 spiro atoms. The van der Waals surface area contributed by atoms with E-state index in [0.29, 0.717) is 4.64 Å². The second-order valence-electron chi connectivity index (χ2n) is 5.60. The van der Waals surface area contributed by atoms with Crippen molar-refractivity contribution in [3.63, 3.8) is 0 Å². The summed E-state index contributed by atoms with van der Waals surface area (Å²) in [5.41, 5.74) is 2.58. The lowest BCUT2D eigenvalue weighted by atomic mass is 9.78. The minimum Gasteiger partial charge on any atom is -0.346 e. The van der Waals surface area contributed by atoms with Crippen LogP contribution in [0.25, 0.3) is 0 Å². The standard InChI is InChI=1S/C17H20N2S/c1-2-14-12-15(20)19-16(18-14)17(10-6-7-11-17)13-8-4-3-5-9-13/h3-5,8-9,12H,2,6-7,10-11H2,1H3,(H,18,19,20). The van der Waals surface area contributed by atoms with E-state index in [2.05, 4.69) is 47.2 Å². The van der Waals surface area contributed by atoms with E-state index in [1.165, 1.54) is 24.1 Å². The molecular weight excluding hydrogens is 264 g/mol. The number of benzene rings is 1. The molecule has 20 heavy (non-hydrogen) atoms. The Kier molecular flexibility index (Phi) is 3.70. The molecule has 2 aromatic rings. The second-order valence-corrected chi connectivity index (χ2v) is 6.02. The van der Waals surface area contributed by atoms with Crippen LogP contribution in [0.2, 0.25) is 0 Å². The smallest absolute Gasteiger partial charge is 0.130 e. The van der Waals surface area contributed by atoms with Crippen molar-refractivity contribution in [2.75, 3.05) is 0 Å². The monoisotopic (exact) mass is 284 g/mol. The van der Waals surface area contributed by atoms with Gasteiger partial charge in [0.15, 0.2) is 0 Å². The third kappa shape index (κ3) is 2.31. The Balaban J connectivity index is 2.17. The Hall–Kier alpha value is -1.48. The van der Waals surface area contributed by atoms with E-state index in [9.17, 15) is 0 Å². The zero-order valence-electron chi connectivity index (χ0n) is 11.9. The van der Waals surface area contributed by atoms with Gasteiger partial charge in [0.2, 0.25) is 0 Å². The predicted octanol–water partition coefficient (Wildman–Crippen LogP) is 4.56. The molecule has 0 radical (unpaired) electrons. The molecule has 104 valence electrons. The van der Waals surface area contributed by atoms with Crippen LogP contribution in [-0.4, -0.2) is 9.97 Å². The molecule has 1 saturated carbocycles. The van der Waals surface area contributed by atoms with Crippen molar-refractivity contribution < 1.29 is 0 Å². The lowest BCUT2D eigenvalue weighted by Gasteiger charge is -2.29. The largest absolute Gasteiger partial charge is 0.346 e. The Morgan fingerprint density at radius 3 is 2.55 bits per heavy atom. The van der Waals surface area contributed by atoms with Crippen LogP contribution in [0, 0.1) is 4.64 Å². The number of H-pyrrole nitrogens is 1. The molecule has 1 fully saturated rings. The lowest BCUT2D eigenvalue weighted by Crippen LogP contribution is -2.27. The number of hydrogen-bond acceptors (Lipinski definition) is 2. The highest BCUT2D eigenvalue weighted by atomic mass is 32.1. The maximum absolute atomic E-state index is 5.36. The van der Waals surface area contributed by atoms with Crippen LogP contribution in [0.3, 0.4) is 0 Å². The summed E-state index contributed by atoms with van der Waals surface area (Å²) in [5, 5.41) is 0. The highest BCUT2D eigenvalue weighted by Gasteiger charge is 2.39. The van der Waals surface area contributed by atoms with Gasteiger partial charge in [-0.25, -0.2) is 4.98 Å². The SMILES string of the molecule is CCc1cc(=S)nc(C2(c3ccccc3)CCCC2)[nH]1. The molecule has 1 heterocycles. The fraction of sp³-hybridized carbons (Fsp3) is 0.412. The van der Waals surface area contributed by atoms with Crippen LogP contribution < -0.4 is 0 Å². The van der Waals surface area contributed by atoms with Crippen LogP contribution in [0.4, 0.5) is 0 Å². The van der Waals surface area contributed by atoms with Crippen molar-refractivity contribution in [2.24, 2.45) is 0 Å². The number of nitrogens with one attached hydrogen (secondary N) is 1. The van der Waals surface area contributed by atoms with E-state index in [-0.39, 0.29) is 5.41 Å². The Labute approximate surface area is 125 Å². The minimum atomic E-state index is 0.0278. The Bertz CT molecular complexity index is 640. The summed E-state index contributed by atoms with van der Waals surface area (Å²) < 4.78 is 0.706. The van der Waals surface area contributed by atoms with Gasteiger partial charge in [0.05, 0.1) is 5.41 Å². The third-order valence-corrected chi connectivity index (χ3v) is 4.63. The summed E-state index contributed by atoms with van der Waals surface area (Å²) in [6.45, 7) is 2.15. The van der Waals surface area contributed by atoms with Crippen molar-refractivity contribution >= 4 is 12.2 Å². The first kappa shape index (κ1) is 13.5. The average molecular weight is 284 g/mol. The average Bonchev–Trinajstić information content (AvgIpc) is 2.98. The van der Waals surface area contributed by atoms with Crippen molar-refractivity contribution in [3.05, 3.63) is 58.1 Å². The fourth-order valence-corrected chi connectivity index (χ4v) is 3.56. The molecule has 3 rings (SSSR count). The Morgan fingerprint density at radius 2 is 1.90 bits per heavy atom. The molecule has 2 nitrogen and oxygen atoms in total. The number of aromatic amines is 1. The van der Waals surface area contributed by atoms with E-state index in [1.54, 1.807) is 0 Å². The van der Waals surface area contributed by atoms with E-state index < -0.39 is 0 Å². The molecule has 1 aliphatic rings. The molecule has 0 aliphatic heterocycles. The van der Waals surface area contributed by atoms with Gasteiger partial charge in [-0.3, -0.25) is 0 Å². The number of hydrogen-bond donors (Lipinski definition) is 1. The Morgan fingerprint density at radius 1 is 1.20 bits per heavy atom. The molecule has 0 atom stereocenters. The van der Waals surface area contributed by atoms with Gasteiger partial charge in [0, 0.05) is 5.69 Å². The molecule has 1 aromatic heterocycles. The van der Waals surface area contributed by atoms with Gasteiger partial charge in [-0.1, -0.05) is 62.3 Å². The van der Waals surface area contributed by atoms with Gasteiger partial charge in [-0.2, -0.15) is 0 Å². The summed E-state index contributed by atoms with van der Waals surface area (Å²) in [6, 6.07) is 12.7. The summed E-state index contributed by atoms with van der Waals surface area (Å²) in [4.78, 5) is 8.21. The highest BCUT2D eigenvalue weighted by Crippen LogP contribution is 2.44. The van der Waals surface area contributed by atoms with Crippen LogP contribution in [-0.2, 0) is 11.8 Å². The van der Waals surface area contributed by atoms with Gasteiger partial charge < -0.3 is 4.98 Å². The summed E-state index contributed by atoms with van der Waals surface area (Å²) in [6.07, 6.45) is 5.79. The normalized spacial score (nSPS) is 17.2. The van der Waals surface area contributed by atoms with Gasteiger partial charge >= 0.3 is 0 Å². The number of aromatic nitrogens is 2. The van der Waals surface area contributed by atoms with Crippen LogP contribution in [0.1, 0.15) is 49.7 Å². The van der Waals surface area contributed by atoms with E-state index in [4.69, 9.17) is 12.2 Å². The van der Waals surface area contributed by atoms with Crippen molar-refractivity contribution in [3.8, 4) is 0 Å². The van der Waals surface area contributed by atoms with Gasteiger partial charge in [-0.05, 0) is 30.9 Å². The minimum absolute atomic E-state index is 0.0278. The predicted molar refractivity (Wildman–Crippen MR) is 84.5 cm³/mol. The third-order valence-electron chi connectivity index (χ3n) is 4.42. The van der Waals surface area contributed by atoms with Crippen LogP contribution in [0.5, 0.6) is 0 Å². The van der Waals surface area contributed by atoms with Crippen LogP contribution >= 0.6 is 12.2 Å². The van der Waals surface area contributed by atoms with Crippen molar-refractivity contribution in [2.45, 2.75) is 44.4 Å². The molecule has 1 N–H and O–H groups in total. The molecule has 1 aromatic carbocycles. The zero-order chi connectivity index (χ0) is 14.0. The summed E-state index contributed by atoms with van der Waals surface area (Å²) in [5.74, 6) is 1.06. The fourth-order valence-electron chi connectivity index (χ4n) is 3.32. The molecular formula is C17H20N2S. The molecule has 0 amide bonds. The van der Waals surface area contributed by atoms with Crippen molar-refractivity contribution in [1.82, 2.24) is 9.97 Å². The summed E-state index contributed by atoms with van der Waals surface area (Å²) in [7, 11) is 0. The first-order chi connectivity index (χ1) is 9.74. The van der Waals surface area contributed by atoms with Crippen LogP contribution in [0.15, 0.2) is 36.4 Å². The van der Waals surface area contributed by atoms with Gasteiger partial charge in [0.1, 0.15) is 10.5 Å². The topological polar surface area (TPSA) is 28.7 Å². The zero-order valence-corrected chi connectivity index (χ0v) is 12.7. The highest BCUT2D eigenvalue weighted by molar-refractivity contribution is 7.71. The molecule has 1 aliphatic carbocycles. The number of rotatable bonds is 3. The molecule has 3 heteroatoms. The molecule has 0 bridgehead atoms. The summed E-state index contributed by atoms with van der Waals surface area (Å²) >= 11 is 5.36. The maximum atomic E-state index is 5.36. The maximum Gasteiger partial charge on any atom is 0.130 e. The van der Waals surface area contributed by atoms with E-state index in [1.807, 2.05) is 6.07 Å². The van der Waals surface area contributed by atoms with E-state index >= 15 is 0 Å². The molecule has 0 unspecified atom stereocenters. The lowest BCUT2D eigenvalue weighted by molar-refractivity contribution is 0.496. The number of aryl methyl sites for hydroxylation is 1. The first-order valence-corrected chi connectivity index (χ1v) is 7.82. The van der Waals surface area contributed by atoms with Gasteiger partial charge in [-0.15, -0.1) is 0 Å². The van der Waals surface area contributed by atoms with Gasteiger partial charge in [0.25, 0.3) is 0 Å². The number of nitrogens with zero attached hydrogens (tertiary/aromatic N) is 1. The molecule has 0 saturated heterocycles. The first-order valence-electron chi connectivity index (χ1n) is 7.41. The van der Waals surface area contributed by atoms with E-state index in [0.717, 1.165) is 25.1 Å². The quantitative estimate of drug-likeness (QED) is 0.837. The van der Waals surface area contributed by atoms with Crippen molar-refractivity contribution in [1.29, 1.82) is 0 Å².